The van der Waals surface area contributed by atoms with E-state index in [4.69, 9.17) is 4.99 Å². The molecular weight excluding hydrogens is 299 g/mol. The number of hydrogen-bond acceptors (Lipinski definition) is 2. The average molecular weight is 313 g/mol. The Labute approximate surface area is 119 Å². The molecule has 4 rings (SSSR count). The number of aliphatic imine (C=N–C) groups is 1. The summed E-state index contributed by atoms with van der Waals surface area (Å²) in [5, 5.41) is 0. The Morgan fingerprint density at radius 1 is 1.16 bits per heavy atom. The van der Waals surface area contributed by atoms with Gasteiger partial charge in [0, 0.05) is 0 Å². The fraction of sp³-hybridized carbons (Fsp3) is 0.188. The van der Waals surface area contributed by atoms with E-state index in [1.807, 2.05) is 0 Å². The van der Waals surface area contributed by atoms with E-state index in [1.165, 1.54) is 26.0 Å². The van der Waals surface area contributed by atoms with E-state index in [2.05, 4.69) is 60.4 Å². The maximum absolute atomic E-state index is 4.94. The average Bonchev–Trinajstić information content (AvgIpc) is 2.98. The molecule has 0 aliphatic carbocycles. The monoisotopic (exact) mass is 314 g/mol. The second kappa shape index (κ2) is 4.22. The summed E-state index contributed by atoms with van der Waals surface area (Å²) < 4.78 is 2.77. The van der Waals surface area contributed by atoms with Gasteiger partial charge in [0.15, 0.2) is 0 Å². The minimum absolute atomic E-state index is 0.312. The zero-order valence-electron chi connectivity index (χ0n) is 10.7. The zero-order valence-corrected chi connectivity index (χ0v) is 12.4. The van der Waals surface area contributed by atoms with Crippen LogP contribution in [0, 0.1) is 6.92 Å². The minimum atomic E-state index is 0.312. The van der Waals surface area contributed by atoms with Crippen molar-refractivity contribution in [2.75, 3.05) is 11.4 Å². The number of fused-ring (bicyclic) bond motifs is 3. The first-order chi connectivity index (χ1) is 9.31. The standard InChI is InChI=1S/C16H14N2Se/c1-11-7-8-15-14(9-11)18-10-13(17-16(18)19-15)12-5-3-2-4-6-12/h2-9,13H,10H2,1H3/t13-/m0/s1. The van der Waals surface area contributed by atoms with Gasteiger partial charge in [-0.05, 0) is 0 Å². The van der Waals surface area contributed by atoms with E-state index in [0.29, 0.717) is 21.0 Å². The van der Waals surface area contributed by atoms with Crippen molar-refractivity contribution in [3.8, 4) is 0 Å². The van der Waals surface area contributed by atoms with Gasteiger partial charge >= 0.3 is 119 Å². The van der Waals surface area contributed by atoms with Crippen molar-refractivity contribution < 1.29 is 0 Å². The van der Waals surface area contributed by atoms with Crippen molar-refractivity contribution in [2.45, 2.75) is 13.0 Å². The second-order valence-corrected chi connectivity index (χ2v) is 7.14. The van der Waals surface area contributed by atoms with Crippen molar-refractivity contribution in [2.24, 2.45) is 4.99 Å². The van der Waals surface area contributed by atoms with Gasteiger partial charge in [0.1, 0.15) is 0 Å². The molecule has 0 fully saturated rings. The van der Waals surface area contributed by atoms with Crippen LogP contribution >= 0.6 is 0 Å². The molecule has 0 N–H and O–H groups in total. The Kier molecular flexibility index (Phi) is 2.51. The molecule has 0 unspecified atom stereocenters. The first-order valence-electron chi connectivity index (χ1n) is 6.50. The third-order valence-corrected chi connectivity index (χ3v) is 5.90. The van der Waals surface area contributed by atoms with Gasteiger partial charge in [-0.3, -0.25) is 0 Å². The van der Waals surface area contributed by atoms with Gasteiger partial charge in [-0.25, -0.2) is 0 Å². The summed E-state index contributed by atoms with van der Waals surface area (Å²) in [5.74, 6) is 0. The molecule has 2 aromatic carbocycles. The SMILES string of the molecule is Cc1ccc2c(c1)N1C[C@@H](c3ccccc3)N=C1[Se]2. The molecule has 0 spiro atoms. The van der Waals surface area contributed by atoms with E-state index >= 15 is 0 Å². The van der Waals surface area contributed by atoms with Crippen LogP contribution < -0.4 is 9.36 Å². The Bertz CT molecular complexity index is 664. The Morgan fingerprint density at radius 2 is 2.00 bits per heavy atom. The number of anilines is 1. The van der Waals surface area contributed by atoms with Crippen LogP contribution in [0.2, 0.25) is 0 Å². The van der Waals surface area contributed by atoms with Gasteiger partial charge < -0.3 is 0 Å². The van der Waals surface area contributed by atoms with Crippen LogP contribution in [-0.2, 0) is 0 Å². The molecule has 2 aliphatic rings. The molecule has 0 amide bonds. The van der Waals surface area contributed by atoms with Gasteiger partial charge in [-0.1, -0.05) is 0 Å². The molecule has 2 nitrogen and oxygen atoms in total. The number of rotatable bonds is 1. The van der Waals surface area contributed by atoms with E-state index < -0.39 is 0 Å². The van der Waals surface area contributed by atoms with Gasteiger partial charge in [0.25, 0.3) is 0 Å². The van der Waals surface area contributed by atoms with Gasteiger partial charge in [-0.2, -0.15) is 0 Å². The van der Waals surface area contributed by atoms with Crippen LogP contribution in [0.25, 0.3) is 0 Å². The maximum atomic E-state index is 4.94. The van der Waals surface area contributed by atoms with E-state index in [9.17, 15) is 0 Å². The van der Waals surface area contributed by atoms with Gasteiger partial charge in [0.2, 0.25) is 0 Å². The summed E-state index contributed by atoms with van der Waals surface area (Å²) >= 11 is 0.382. The third kappa shape index (κ3) is 1.81. The van der Waals surface area contributed by atoms with Crippen molar-refractivity contribution >= 4 is 29.8 Å². The molecule has 0 bridgehead atoms. The molecule has 0 aromatic heterocycles. The number of nitrogens with zero attached hydrogens (tertiary/aromatic N) is 2. The van der Waals surface area contributed by atoms with Crippen LogP contribution in [0.1, 0.15) is 17.2 Å². The molecule has 0 saturated carbocycles. The van der Waals surface area contributed by atoms with E-state index in [0.717, 1.165) is 6.54 Å². The first-order valence-corrected chi connectivity index (χ1v) is 8.21. The molecule has 2 aromatic rings. The Hall–Kier alpha value is -1.57. The summed E-state index contributed by atoms with van der Waals surface area (Å²) in [6.07, 6.45) is 0. The van der Waals surface area contributed by atoms with Crippen LogP contribution in [0.4, 0.5) is 5.69 Å². The Balaban J connectivity index is 1.69. The normalized spacial score (nSPS) is 20.2. The number of hydrogen-bond donors (Lipinski definition) is 0. The number of amidine groups is 1. The molecule has 0 radical (unpaired) electrons. The van der Waals surface area contributed by atoms with Gasteiger partial charge in [0.05, 0.1) is 0 Å². The fourth-order valence-corrected chi connectivity index (χ4v) is 4.90. The van der Waals surface area contributed by atoms with Crippen molar-refractivity contribution in [1.82, 2.24) is 0 Å². The molecule has 2 aliphatic heterocycles. The third-order valence-electron chi connectivity index (χ3n) is 3.64. The first kappa shape index (κ1) is 11.3. The van der Waals surface area contributed by atoms with Crippen LogP contribution in [0.15, 0.2) is 53.5 Å². The quantitative estimate of drug-likeness (QED) is 0.738. The molecule has 1 atom stereocenters. The van der Waals surface area contributed by atoms with Crippen molar-refractivity contribution in [3.05, 3.63) is 59.7 Å². The predicted molar refractivity (Wildman–Crippen MR) is 80.5 cm³/mol. The summed E-state index contributed by atoms with van der Waals surface area (Å²) in [6.45, 7) is 3.16. The van der Waals surface area contributed by atoms with Crippen molar-refractivity contribution in [3.63, 3.8) is 0 Å². The zero-order chi connectivity index (χ0) is 12.8. The number of aryl methyl sites for hydroxylation is 1. The van der Waals surface area contributed by atoms with E-state index in [1.54, 1.807) is 0 Å². The molecule has 2 heterocycles. The van der Waals surface area contributed by atoms with E-state index in [-0.39, 0.29) is 0 Å². The summed E-state index contributed by atoms with van der Waals surface area (Å²) in [6, 6.07) is 17.7. The summed E-state index contributed by atoms with van der Waals surface area (Å²) in [4.78, 5) is 7.35. The molecule has 19 heavy (non-hydrogen) atoms. The summed E-state index contributed by atoms with van der Waals surface area (Å²) in [7, 11) is 0. The Morgan fingerprint density at radius 3 is 2.84 bits per heavy atom. The predicted octanol–water partition coefficient (Wildman–Crippen LogP) is 2.26. The van der Waals surface area contributed by atoms with Crippen molar-refractivity contribution in [1.29, 1.82) is 0 Å². The topological polar surface area (TPSA) is 15.6 Å². The molecular formula is C16H14N2Se. The second-order valence-electron chi connectivity index (χ2n) is 5.02. The van der Waals surface area contributed by atoms with Gasteiger partial charge in [-0.15, -0.1) is 0 Å². The molecule has 94 valence electrons. The molecule has 3 heteroatoms. The molecule has 0 saturated heterocycles. The summed E-state index contributed by atoms with van der Waals surface area (Å²) in [5.41, 5.74) is 4.05. The fourth-order valence-electron chi connectivity index (χ4n) is 2.66. The van der Waals surface area contributed by atoms with Crippen LogP contribution in [0.3, 0.4) is 0 Å². The van der Waals surface area contributed by atoms with Crippen LogP contribution in [-0.4, -0.2) is 26.2 Å². The van der Waals surface area contributed by atoms with Crippen LogP contribution in [0.5, 0.6) is 0 Å². The number of benzene rings is 2.